The van der Waals surface area contributed by atoms with E-state index in [9.17, 15) is 21.6 Å². The second-order valence-corrected chi connectivity index (χ2v) is 7.19. The molecule has 0 aliphatic rings. The molecule has 8 heteroatoms. The molecule has 2 N–H and O–H groups in total. The molecule has 0 heterocycles. The summed E-state index contributed by atoms with van der Waals surface area (Å²) in [4.78, 5) is 0. The van der Waals surface area contributed by atoms with Gasteiger partial charge in [-0.3, -0.25) is 0 Å². The monoisotopic (exact) mass is 311 g/mol. The highest BCUT2D eigenvalue weighted by Gasteiger charge is 2.31. The van der Waals surface area contributed by atoms with Crippen LogP contribution in [0.25, 0.3) is 0 Å². The topological polar surface area (TPSA) is 69.4 Å². The quantitative estimate of drug-likeness (QED) is 0.848. The van der Waals surface area contributed by atoms with Crippen molar-refractivity contribution < 1.29 is 26.3 Å². The third-order valence-corrected chi connectivity index (χ3v) is 4.85. The number of alkyl halides is 3. The first kappa shape index (κ1) is 16.6. The zero-order chi connectivity index (χ0) is 15.6. The van der Waals surface area contributed by atoms with Crippen molar-refractivity contribution >= 4 is 15.5 Å². The molecule has 1 aromatic carbocycles. The van der Waals surface area contributed by atoms with Crippen molar-refractivity contribution in [2.45, 2.75) is 25.3 Å². The van der Waals surface area contributed by atoms with Crippen LogP contribution in [0.3, 0.4) is 0 Å². The Morgan fingerprint density at radius 2 is 1.90 bits per heavy atom. The molecule has 0 aliphatic carbocycles. The minimum absolute atomic E-state index is 0.0388. The van der Waals surface area contributed by atoms with Crippen LogP contribution in [0.5, 0.6) is 5.75 Å². The molecule has 0 amide bonds. The summed E-state index contributed by atoms with van der Waals surface area (Å²) >= 11 is 0. The first-order chi connectivity index (χ1) is 9.04. The second-order valence-electron chi connectivity index (χ2n) is 4.51. The van der Waals surface area contributed by atoms with Crippen LogP contribution in [-0.2, 0) is 16.0 Å². The number of nitrogens with two attached hydrogens (primary N) is 1. The SMILES string of the molecule is CC(C)S(=O)(=O)CCOc1ccc(C(F)(F)F)cc1N. The van der Waals surface area contributed by atoms with Gasteiger partial charge in [-0.2, -0.15) is 13.2 Å². The summed E-state index contributed by atoms with van der Waals surface area (Å²) in [6.07, 6.45) is -4.48. The van der Waals surface area contributed by atoms with Gasteiger partial charge in [0.15, 0.2) is 9.84 Å². The van der Waals surface area contributed by atoms with Gasteiger partial charge < -0.3 is 10.5 Å². The number of ether oxygens (including phenoxy) is 1. The van der Waals surface area contributed by atoms with Gasteiger partial charge in [0.25, 0.3) is 0 Å². The maximum atomic E-state index is 12.4. The molecule has 0 saturated heterocycles. The van der Waals surface area contributed by atoms with Crippen LogP contribution in [-0.4, -0.2) is 26.0 Å². The highest BCUT2D eigenvalue weighted by molar-refractivity contribution is 7.91. The maximum absolute atomic E-state index is 12.4. The Labute approximate surface area is 115 Å². The lowest BCUT2D eigenvalue weighted by Gasteiger charge is -2.13. The first-order valence-electron chi connectivity index (χ1n) is 5.85. The van der Waals surface area contributed by atoms with Gasteiger partial charge in [0.1, 0.15) is 12.4 Å². The Bertz CT molecular complexity index is 568. The second kappa shape index (κ2) is 5.90. The average molecular weight is 311 g/mol. The van der Waals surface area contributed by atoms with Gasteiger partial charge in [-0.1, -0.05) is 0 Å². The van der Waals surface area contributed by atoms with Crippen molar-refractivity contribution in [2.24, 2.45) is 0 Å². The summed E-state index contributed by atoms with van der Waals surface area (Å²) in [6.45, 7) is 2.93. The Morgan fingerprint density at radius 1 is 1.30 bits per heavy atom. The van der Waals surface area contributed by atoms with E-state index in [2.05, 4.69) is 0 Å². The fourth-order valence-corrected chi connectivity index (χ4v) is 2.15. The van der Waals surface area contributed by atoms with Crippen molar-refractivity contribution in [1.82, 2.24) is 0 Å². The molecule has 4 nitrogen and oxygen atoms in total. The lowest BCUT2D eigenvalue weighted by molar-refractivity contribution is -0.137. The number of rotatable bonds is 5. The van der Waals surface area contributed by atoms with Gasteiger partial charge in [-0.15, -0.1) is 0 Å². The number of halogens is 3. The molecule has 0 fully saturated rings. The summed E-state index contributed by atoms with van der Waals surface area (Å²) < 4.78 is 65.4. The fraction of sp³-hybridized carbons (Fsp3) is 0.500. The van der Waals surface area contributed by atoms with Gasteiger partial charge >= 0.3 is 6.18 Å². The van der Waals surface area contributed by atoms with Crippen molar-refractivity contribution in [2.75, 3.05) is 18.1 Å². The molecule has 0 bridgehead atoms. The van der Waals surface area contributed by atoms with Crippen LogP contribution in [0.4, 0.5) is 18.9 Å². The summed E-state index contributed by atoms with van der Waals surface area (Å²) in [5.41, 5.74) is 4.40. The van der Waals surface area contributed by atoms with Crippen molar-refractivity contribution in [1.29, 1.82) is 0 Å². The number of sulfone groups is 1. The van der Waals surface area contributed by atoms with Crippen molar-refractivity contribution in [3.8, 4) is 5.75 Å². The van der Waals surface area contributed by atoms with Crippen LogP contribution < -0.4 is 10.5 Å². The van der Waals surface area contributed by atoms with E-state index in [4.69, 9.17) is 10.5 Å². The van der Waals surface area contributed by atoms with Crippen molar-refractivity contribution in [3.63, 3.8) is 0 Å². The van der Waals surface area contributed by atoms with Gasteiger partial charge in [0.05, 0.1) is 22.3 Å². The van der Waals surface area contributed by atoms with E-state index in [1.165, 1.54) is 0 Å². The maximum Gasteiger partial charge on any atom is 0.416 e. The van der Waals surface area contributed by atoms with E-state index < -0.39 is 26.8 Å². The largest absolute Gasteiger partial charge is 0.490 e. The highest BCUT2D eigenvalue weighted by atomic mass is 32.2. The molecule has 0 saturated carbocycles. The number of hydrogen-bond acceptors (Lipinski definition) is 4. The van der Waals surface area contributed by atoms with E-state index in [-0.39, 0.29) is 23.8 Å². The van der Waals surface area contributed by atoms with Gasteiger partial charge in [0.2, 0.25) is 0 Å². The fourth-order valence-electron chi connectivity index (χ4n) is 1.36. The summed E-state index contributed by atoms with van der Waals surface area (Å²) in [5, 5.41) is -0.531. The minimum Gasteiger partial charge on any atom is -0.490 e. The highest BCUT2D eigenvalue weighted by Crippen LogP contribution is 2.33. The van der Waals surface area contributed by atoms with E-state index in [0.29, 0.717) is 0 Å². The average Bonchev–Trinajstić information content (AvgIpc) is 2.29. The molecule has 1 rings (SSSR count). The molecular weight excluding hydrogens is 295 g/mol. The standard InChI is InChI=1S/C12H16F3NO3S/c1-8(2)20(17,18)6-5-19-11-4-3-9(7-10(11)16)12(13,14)15/h3-4,7-8H,5-6,16H2,1-2H3. The van der Waals surface area contributed by atoms with E-state index in [0.717, 1.165) is 18.2 Å². The third kappa shape index (κ3) is 4.29. The molecule has 0 spiro atoms. The lowest BCUT2D eigenvalue weighted by Crippen LogP contribution is -2.22. The summed E-state index contributed by atoms with van der Waals surface area (Å²) in [6, 6.07) is 2.68. The molecule has 0 radical (unpaired) electrons. The van der Waals surface area contributed by atoms with E-state index in [1.807, 2.05) is 0 Å². The van der Waals surface area contributed by atoms with Crippen LogP contribution >= 0.6 is 0 Å². The molecular formula is C12H16F3NO3S. The first-order valence-corrected chi connectivity index (χ1v) is 7.56. The molecule has 114 valence electrons. The Balaban J connectivity index is 2.72. The molecule has 0 unspecified atom stereocenters. The summed E-state index contributed by atoms with van der Waals surface area (Å²) in [7, 11) is -3.26. The molecule has 0 aromatic heterocycles. The van der Waals surface area contributed by atoms with Crippen LogP contribution in [0.15, 0.2) is 18.2 Å². The smallest absolute Gasteiger partial charge is 0.416 e. The zero-order valence-electron chi connectivity index (χ0n) is 11.1. The van der Waals surface area contributed by atoms with Crippen LogP contribution in [0, 0.1) is 0 Å². The van der Waals surface area contributed by atoms with Gasteiger partial charge in [-0.25, -0.2) is 8.42 Å². The Hall–Kier alpha value is -1.44. The number of hydrogen-bond donors (Lipinski definition) is 1. The molecule has 1 aromatic rings. The van der Waals surface area contributed by atoms with E-state index >= 15 is 0 Å². The summed E-state index contributed by atoms with van der Waals surface area (Å²) in [5.74, 6) is -0.178. The number of benzene rings is 1. The van der Waals surface area contributed by atoms with Crippen molar-refractivity contribution in [3.05, 3.63) is 23.8 Å². The molecule has 0 atom stereocenters. The Kier molecular flexibility index (Phi) is 4.90. The predicted molar refractivity (Wildman–Crippen MR) is 70.3 cm³/mol. The van der Waals surface area contributed by atoms with Gasteiger partial charge in [0, 0.05) is 0 Å². The van der Waals surface area contributed by atoms with Crippen LogP contribution in [0.2, 0.25) is 0 Å². The number of anilines is 1. The van der Waals surface area contributed by atoms with Crippen LogP contribution in [0.1, 0.15) is 19.4 Å². The number of nitrogen functional groups attached to an aromatic ring is 1. The van der Waals surface area contributed by atoms with Gasteiger partial charge in [-0.05, 0) is 32.0 Å². The normalized spacial score (nSPS) is 12.7. The van der Waals surface area contributed by atoms with E-state index in [1.54, 1.807) is 13.8 Å². The minimum atomic E-state index is -4.48. The molecule has 0 aliphatic heterocycles. The zero-order valence-corrected chi connectivity index (χ0v) is 11.9. The third-order valence-electron chi connectivity index (χ3n) is 2.68. The Morgan fingerprint density at radius 3 is 2.35 bits per heavy atom. The predicted octanol–water partition coefficient (Wildman–Crippen LogP) is 2.49. The lowest BCUT2D eigenvalue weighted by atomic mass is 10.2. The molecule has 20 heavy (non-hydrogen) atoms.